The molecule has 0 amide bonds. The summed E-state index contributed by atoms with van der Waals surface area (Å²) in [5, 5.41) is 14.4. The van der Waals surface area contributed by atoms with E-state index in [0.717, 1.165) is 35.3 Å². The van der Waals surface area contributed by atoms with E-state index in [4.69, 9.17) is 0 Å². The summed E-state index contributed by atoms with van der Waals surface area (Å²) in [4.78, 5) is 19.6. The van der Waals surface area contributed by atoms with Crippen molar-refractivity contribution in [2.24, 2.45) is 5.41 Å². The fraction of sp³-hybridized carbons (Fsp3) is 0.417. The number of nitrogens with one attached hydrogen (secondary N) is 1. The Morgan fingerprint density at radius 1 is 1.50 bits per heavy atom. The molecule has 0 spiro atoms. The van der Waals surface area contributed by atoms with Crippen molar-refractivity contribution in [1.82, 2.24) is 9.97 Å². The highest BCUT2D eigenvalue weighted by Crippen LogP contribution is 2.41. The first-order valence-corrected chi connectivity index (χ1v) is 6.75. The van der Waals surface area contributed by atoms with Crippen LogP contribution in [0.1, 0.15) is 19.3 Å². The molecule has 94 valence electrons. The number of hydrogen-bond acceptors (Lipinski definition) is 5. The molecule has 1 aliphatic rings. The normalized spacial score (nSPS) is 17.3. The maximum Gasteiger partial charge on any atom is 0.311 e. The van der Waals surface area contributed by atoms with E-state index >= 15 is 0 Å². The summed E-state index contributed by atoms with van der Waals surface area (Å²) in [7, 11) is 0. The number of carboxylic acids is 1. The van der Waals surface area contributed by atoms with Gasteiger partial charge in [-0.15, -0.1) is 11.3 Å². The Labute approximate surface area is 108 Å². The first kappa shape index (κ1) is 11.4. The van der Waals surface area contributed by atoms with Crippen LogP contribution in [-0.2, 0) is 4.79 Å². The van der Waals surface area contributed by atoms with Crippen LogP contribution < -0.4 is 5.32 Å². The number of anilines is 1. The fourth-order valence-electron chi connectivity index (χ4n) is 2.24. The van der Waals surface area contributed by atoms with Crippen LogP contribution in [0.15, 0.2) is 17.8 Å². The van der Waals surface area contributed by atoms with Crippen molar-refractivity contribution in [3.8, 4) is 0 Å². The van der Waals surface area contributed by atoms with E-state index in [0.29, 0.717) is 6.54 Å². The molecule has 0 saturated heterocycles. The molecule has 1 fully saturated rings. The van der Waals surface area contributed by atoms with E-state index in [1.54, 1.807) is 11.3 Å². The zero-order valence-electron chi connectivity index (χ0n) is 9.72. The van der Waals surface area contributed by atoms with Crippen molar-refractivity contribution in [3.63, 3.8) is 0 Å². The smallest absolute Gasteiger partial charge is 0.311 e. The zero-order chi connectivity index (χ0) is 12.6. The van der Waals surface area contributed by atoms with Gasteiger partial charge in [0.1, 0.15) is 12.1 Å². The van der Waals surface area contributed by atoms with Gasteiger partial charge in [-0.1, -0.05) is 6.42 Å². The number of thiophene rings is 1. The van der Waals surface area contributed by atoms with Crippen LogP contribution in [0.5, 0.6) is 0 Å². The van der Waals surface area contributed by atoms with Crippen LogP contribution >= 0.6 is 11.3 Å². The molecule has 3 rings (SSSR count). The first-order chi connectivity index (χ1) is 8.71. The van der Waals surface area contributed by atoms with E-state index in [9.17, 15) is 9.90 Å². The Balaban J connectivity index is 1.81. The molecule has 0 atom stereocenters. The molecule has 1 aliphatic carbocycles. The van der Waals surface area contributed by atoms with Gasteiger partial charge >= 0.3 is 5.97 Å². The Bertz CT molecular complexity index is 592. The highest BCUT2D eigenvalue weighted by molar-refractivity contribution is 7.17. The van der Waals surface area contributed by atoms with Crippen molar-refractivity contribution < 1.29 is 9.90 Å². The second kappa shape index (κ2) is 4.20. The monoisotopic (exact) mass is 263 g/mol. The van der Waals surface area contributed by atoms with Crippen LogP contribution in [0.25, 0.3) is 10.2 Å². The third kappa shape index (κ3) is 1.73. The first-order valence-electron chi connectivity index (χ1n) is 5.87. The quantitative estimate of drug-likeness (QED) is 0.885. The summed E-state index contributed by atoms with van der Waals surface area (Å²) in [5.41, 5.74) is 0.296. The molecule has 0 aromatic carbocycles. The molecule has 1 saturated carbocycles. The van der Waals surface area contributed by atoms with Gasteiger partial charge in [0.15, 0.2) is 0 Å². The van der Waals surface area contributed by atoms with Gasteiger partial charge in [-0.05, 0) is 24.3 Å². The molecule has 0 aliphatic heterocycles. The molecular formula is C12H13N3O2S. The van der Waals surface area contributed by atoms with Gasteiger partial charge in [0.05, 0.1) is 15.6 Å². The topological polar surface area (TPSA) is 75.1 Å². The van der Waals surface area contributed by atoms with Crippen molar-refractivity contribution >= 4 is 33.3 Å². The number of carboxylic acid groups (broad SMARTS) is 1. The predicted molar refractivity (Wildman–Crippen MR) is 69.8 cm³/mol. The molecule has 18 heavy (non-hydrogen) atoms. The predicted octanol–water partition coefficient (Wildman–Crippen LogP) is 2.36. The molecule has 2 heterocycles. The number of rotatable bonds is 4. The largest absolute Gasteiger partial charge is 0.481 e. The van der Waals surface area contributed by atoms with E-state index in [1.807, 2.05) is 11.4 Å². The summed E-state index contributed by atoms with van der Waals surface area (Å²) >= 11 is 1.56. The lowest BCUT2D eigenvalue weighted by molar-refractivity contribution is -0.153. The molecule has 2 aromatic rings. The summed E-state index contributed by atoms with van der Waals surface area (Å²) in [6.07, 6.45) is 3.99. The van der Waals surface area contributed by atoms with Crippen LogP contribution in [0.3, 0.4) is 0 Å². The standard InChI is InChI=1S/C12H13N3O2S/c16-11(17)12(3-1-4-12)6-13-10-9-8(2-5-18-9)14-7-15-10/h2,5,7H,1,3-4,6H2,(H,16,17)(H,13,14,15). The van der Waals surface area contributed by atoms with Crippen LogP contribution in [0, 0.1) is 5.41 Å². The average Bonchev–Trinajstić information content (AvgIpc) is 2.75. The number of nitrogens with zero attached hydrogens (tertiary/aromatic N) is 2. The Kier molecular flexibility index (Phi) is 2.66. The van der Waals surface area contributed by atoms with E-state index < -0.39 is 11.4 Å². The molecular weight excluding hydrogens is 250 g/mol. The fourth-order valence-corrected chi connectivity index (χ4v) is 3.05. The van der Waals surface area contributed by atoms with Gasteiger partial charge in [0.2, 0.25) is 0 Å². The molecule has 6 heteroatoms. The lowest BCUT2D eigenvalue weighted by atomic mass is 9.69. The lowest BCUT2D eigenvalue weighted by Crippen LogP contribution is -2.43. The minimum absolute atomic E-state index is 0.437. The third-order valence-electron chi connectivity index (χ3n) is 3.60. The molecule has 2 aromatic heterocycles. The second-order valence-corrected chi connectivity index (χ2v) is 5.57. The summed E-state index contributed by atoms with van der Waals surface area (Å²) < 4.78 is 0.984. The minimum Gasteiger partial charge on any atom is -0.481 e. The van der Waals surface area contributed by atoms with Crippen molar-refractivity contribution in [3.05, 3.63) is 17.8 Å². The van der Waals surface area contributed by atoms with Crippen LogP contribution in [0.2, 0.25) is 0 Å². The van der Waals surface area contributed by atoms with Crippen molar-refractivity contribution in [2.75, 3.05) is 11.9 Å². The van der Waals surface area contributed by atoms with Crippen LogP contribution in [0.4, 0.5) is 5.82 Å². The van der Waals surface area contributed by atoms with Crippen molar-refractivity contribution in [1.29, 1.82) is 0 Å². The average molecular weight is 263 g/mol. The molecule has 0 bridgehead atoms. The van der Waals surface area contributed by atoms with E-state index in [2.05, 4.69) is 15.3 Å². The zero-order valence-corrected chi connectivity index (χ0v) is 10.5. The van der Waals surface area contributed by atoms with Gasteiger partial charge in [-0.25, -0.2) is 9.97 Å². The Morgan fingerprint density at radius 3 is 3.00 bits per heavy atom. The van der Waals surface area contributed by atoms with Gasteiger partial charge in [0, 0.05) is 6.54 Å². The summed E-state index contributed by atoms with van der Waals surface area (Å²) in [6.45, 7) is 0.437. The molecule has 2 N–H and O–H groups in total. The maximum absolute atomic E-state index is 11.3. The molecule has 0 radical (unpaired) electrons. The Hall–Kier alpha value is -1.69. The second-order valence-electron chi connectivity index (χ2n) is 4.65. The number of aromatic nitrogens is 2. The van der Waals surface area contributed by atoms with Gasteiger partial charge in [0.25, 0.3) is 0 Å². The highest BCUT2D eigenvalue weighted by Gasteiger charge is 2.44. The summed E-state index contributed by atoms with van der Waals surface area (Å²) in [5.74, 6) is 0.0280. The van der Waals surface area contributed by atoms with Crippen molar-refractivity contribution in [2.45, 2.75) is 19.3 Å². The number of fused-ring (bicyclic) bond motifs is 1. The lowest BCUT2D eigenvalue weighted by Gasteiger charge is -2.37. The van der Waals surface area contributed by atoms with Crippen LogP contribution in [-0.4, -0.2) is 27.6 Å². The molecule has 0 unspecified atom stereocenters. The third-order valence-corrected chi connectivity index (χ3v) is 4.51. The number of aliphatic carboxylic acids is 1. The Morgan fingerprint density at radius 2 is 2.33 bits per heavy atom. The number of hydrogen-bond donors (Lipinski definition) is 2. The maximum atomic E-state index is 11.3. The SMILES string of the molecule is O=C(O)C1(CNc2ncnc3ccsc23)CCC1. The highest BCUT2D eigenvalue weighted by atomic mass is 32.1. The van der Waals surface area contributed by atoms with Gasteiger partial charge < -0.3 is 10.4 Å². The van der Waals surface area contributed by atoms with E-state index in [1.165, 1.54) is 6.33 Å². The van der Waals surface area contributed by atoms with Gasteiger partial charge in [-0.3, -0.25) is 4.79 Å². The van der Waals surface area contributed by atoms with E-state index in [-0.39, 0.29) is 0 Å². The number of carbonyl (C=O) groups is 1. The minimum atomic E-state index is -0.710. The summed E-state index contributed by atoms with van der Waals surface area (Å²) in [6, 6.07) is 1.93. The molecule has 5 nitrogen and oxygen atoms in total. The van der Waals surface area contributed by atoms with Gasteiger partial charge in [-0.2, -0.15) is 0 Å².